The fraction of sp³-hybridized carbons (Fsp3) is 0.400. The Labute approximate surface area is 138 Å². The summed E-state index contributed by atoms with van der Waals surface area (Å²) >= 11 is 7.52. The number of halogens is 1. The molecule has 1 aliphatic rings. The Morgan fingerprint density at radius 2 is 2.05 bits per heavy atom. The molecular weight excluding hydrogens is 322 g/mol. The Morgan fingerprint density at radius 1 is 1.32 bits per heavy atom. The molecule has 118 valence electrons. The van der Waals surface area contributed by atoms with Gasteiger partial charge in [-0.1, -0.05) is 49.3 Å². The van der Waals surface area contributed by atoms with E-state index in [1.807, 2.05) is 13.8 Å². The zero-order valence-electron chi connectivity index (χ0n) is 12.4. The number of thioether (sulfide) groups is 1. The van der Waals surface area contributed by atoms with E-state index in [9.17, 15) is 9.59 Å². The highest BCUT2D eigenvalue weighted by Crippen LogP contribution is 2.16. The molecule has 1 atom stereocenters. The molecule has 0 aromatic heterocycles. The maximum Gasteiger partial charge on any atom is 0.253 e. The van der Waals surface area contributed by atoms with Gasteiger partial charge in [-0.25, -0.2) is 0 Å². The van der Waals surface area contributed by atoms with Crippen LogP contribution in [-0.2, 0) is 4.79 Å². The number of carbonyl (C=O) groups excluding carboxylic acids is 2. The number of hydrogen-bond donors (Lipinski definition) is 2. The van der Waals surface area contributed by atoms with Crippen LogP contribution in [0.3, 0.4) is 0 Å². The Bertz CT molecular complexity index is 604. The Kier molecular flexibility index (Phi) is 5.85. The lowest BCUT2D eigenvalue weighted by Gasteiger charge is -2.21. The second-order valence-corrected chi connectivity index (χ2v) is 6.69. The number of rotatable bonds is 4. The van der Waals surface area contributed by atoms with E-state index in [1.165, 1.54) is 11.8 Å². The lowest BCUT2D eigenvalue weighted by atomic mass is 10.0. The van der Waals surface area contributed by atoms with E-state index in [4.69, 9.17) is 11.6 Å². The molecular formula is C15H18ClN3O2S. The third-order valence-electron chi connectivity index (χ3n) is 3.17. The van der Waals surface area contributed by atoms with E-state index in [2.05, 4.69) is 15.6 Å². The molecule has 1 heterocycles. The molecule has 1 aromatic rings. The largest absolute Gasteiger partial charge is 0.340 e. The fourth-order valence-corrected chi connectivity index (χ4v) is 2.95. The van der Waals surface area contributed by atoms with Crippen LogP contribution in [0.1, 0.15) is 24.2 Å². The van der Waals surface area contributed by atoms with Gasteiger partial charge in [0.15, 0.2) is 5.17 Å². The molecule has 7 heteroatoms. The number of carbonyl (C=O) groups is 2. The molecule has 2 rings (SSSR count). The van der Waals surface area contributed by atoms with Crippen LogP contribution in [0.15, 0.2) is 29.3 Å². The summed E-state index contributed by atoms with van der Waals surface area (Å²) in [5.74, 6) is 0.191. The normalized spacial score (nSPS) is 15.4. The molecule has 0 fully saturated rings. The number of benzene rings is 1. The van der Waals surface area contributed by atoms with E-state index in [0.29, 0.717) is 22.3 Å². The second-order valence-electron chi connectivity index (χ2n) is 5.20. The van der Waals surface area contributed by atoms with Gasteiger partial charge < -0.3 is 10.6 Å². The van der Waals surface area contributed by atoms with E-state index < -0.39 is 6.04 Å². The summed E-state index contributed by atoms with van der Waals surface area (Å²) in [6, 6.07) is 6.11. The van der Waals surface area contributed by atoms with Crippen LogP contribution in [0, 0.1) is 5.92 Å². The minimum Gasteiger partial charge on any atom is -0.340 e. The van der Waals surface area contributed by atoms with Gasteiger partial charge in [0, 0.05) is 5.75 Å². The van der Waals surface area contributed by atoms with Gasteiger partial charge in [0.05, 0.1) is 17.1 Å². The van der Waals surface area contributed by atoms with Crippen molar-refractivity contribution in [3.05, 3.63) is 34.9 Å². The first-order valence-electron chi connectivity index (χ1n) is 7.02. The molecule has 0 bridgehead atoms. The summed E-state index contributed by atoms with van der Waals surface area (Å²) in [7, 11) is 0. The molecule has 0 spiro atoms. The Morgan fingerprint density at radius 3 is 2.64 bits per heavy atom. The van der Waals surface area contributed by atoms with Gasteiger partial charge >= 0.3 is 0 Å². The summed E-state index contributed by atoms with van der Waals surface area (Å²) in [4.78, 5) is 28.8. The molecule has 0 radical (unpaired) electrons. The van der Waals surface area contributed by atoms with Crippen LogP contribution in [0.4, 0.5) is 0 Å². The topological polar surface area (TPSA) is 70.6 Å². The van der Waals surface area contributed by atoms with Crippen LogP contribution >= 0.6 is 23.4 Å². The third kappa shape index (κ3) is 4.24. The van der Waals surface area contributed by atoms with E-state index in [0.717, 1.165) is 5.75 Å². The highest BCUT2D eigenvalue weighted by Gasteiger charge is 2.26. The predicted octanol–water partition coefficient (Wildman–Crippen LogP) is 2.31. The first-order chi connectivity index (χ1) is 10.5. The Hall–Kier alpha value is -1.53. The molecule has 0 saturated heterocycles. The van der Waals surface area contributed by atoms with Gasteiger partial charge in [-0.3, -0.25) is 14.6 Å². The number of nitrogens with zero attached hydrogens (tertiary/aromatic N) is 1. The third-order valence-corrected chi connectivity index (χ3v) is 4.39. The van der Waals surface area contributed by atoms with E-state index in [1.54, 1.807) is 24.3 Å². The minimum absolute atomic E-state index is 0.0570. The molecule has 0 aliphatic carbocycles. The molecule has 1 aromatic carbocycles. The number of nitrogens with one attached hydrogen (secondary N) is 2. The van der Waals surface area contributed by atoms with Crippen molar-refractivity contribution in [2.24, 2.45) is 10.9 Å². The van der Waals surface area contributed by atoms with Crippen molar-refractivity contribution in [1.29, 1.82) is 0 Å². The molecule has 5 nitrogen and oxygen atoms in total. The minimum atomic E-state index is -0.646. The second kappa shape index (κ2) is 7.65. The Balaban J connectivity index is 2.06. The average molecular weight is 340 g/mol. The average Bonchev–Trinajstić information content (AvgIpc) is 2.97. The summed E-state index contributed by atoms with van der Waals surface area (Å²) in [5.41, 5.74) is 0.357. The highest BCUT2D eigenvalue weighted by atomic mass is 35.5. The fourth-order valence-electron chi connectivity index (χ4n) is 1.99. The quantitative estimate of drug-likeness (QED) is 0.884. The molecule has 1 unspecified atom stereocenters. The van der Waals surface area contributed by atoms with Crippen LogP contribution in [0.25, 0.3) is 0 Å². The smallest absolute Gasteiger partial charge is 0.253 e. The van der Waals surface area contributed by atoms with Gasteiger partial charge in [0.1, 0.15) is 6.04 Å². The molecule has 2 N–H and O–H groups in total. The van der Waals surface area contributed by atoms with Gasteiger partial charge in [-0.15, -0.1) is 0 Å². The summed E-state index contributed by atoms with van der Waals surface area (Å²) in [5, 5.41) is 6.48. The van der Waals surface area contributed by atoms with Gasteiger partial charge in [-0.05, 0) is 18.1 Å². The number of hydrogen-bond acceptors (Lipinski definition) is 4. The van der Waals surface area contributed by atoms with E-state index in [-0.39, 0.29) is 17.7 Å². The van der Waals surface area contributed by atoms with Crippen molar-refractivity contribution in [2.75, 3.05) is 12.3 Å². The van der Waals surface area contributed by atoms with Crippen molar-refractivity contribution in [3.8, 4) is 0 Å². The number of aliphatic imine (C=N–C) groups is 1. The van der Waals surface area contributed by atoms with Crippen molar-refractivity contribution in [2.45, 2.75) is 19.9 Å². The van der Waals surface area contributed by atoms with Crippen molar-refractivity contribution in [1.82, 2.24) is 10.6 Å². The van der Waals surface area contributed by atoms with Gasteiger partial charge in [0.2, 0.25) is 5.91 Å². The van der Waals surface area contributed by atoms with Crippen molar-refractivity contribution in [3.63, 3.8) is 0 Å². The summed E-state index contributed by atoms with van der Waals surface area (Å²) in [6.45, 7) is 4.46. The lowest BCUT2D eigenvalue weighted by Crippen LogP contribution is -2.50. The van der Waals surface area contributed by atoms with Crippen LogP contribution < -0.4 is 10.6 Å². The summed E-state index contributed by atoms with van der Waals surface area (Å²) in [6.07, 6.45) is 0. The first-order valence-corrected chi connectivity index (χ1v) is 8.39. The van der Waals surface area contributed by atoms with Gasteiger partial charge in [-0.2, -0.15) is 0 Å². The van der Waals surface area contributed by atoms with Crippen LogP contribution in [0.2, 0.25) is 5.02 Å². The maximum absolute atomic E-state index is 12.3. The summed E-state index contributed by atoms with van der Waals surface area (Å²) < 4.78 is 0. The molecule has 0 saturated carbocycles. The van der Waals surface area contributed by atoms with Gasteiger partial charge in [0.25, 0.3) is 5.91 Å². The SMILES string of the molecule is CC(C)C(NC(=O)c1ccccc1Cl)C(=O)NC1=NCCS1. The lowest BCUT2D eigenvalue weighted by molar-refractivity contribution is -0.122. The van der Waals surface area contributed by atoms with Crippen molar-refractivity contribution < 1.29 is 9.59 Å². The van der Waals surface area contributed by atoms with Crippen LogP contribution in [-0.4, -0.2) is 35.3 Å². The number of amidine groups is 1. The molecule has 22 heavy (non-hydrogen) atoms. The van der Waals surface area contributed by atoms with E-state index >= 15 is 0 Å². The predicted molar refractivity (Wildman–Crippen MR) is 90.4 cm³/mol. The highest BCUT2D eigenvalue weighted by molar-refractivity contribution is 8.14. The number of amides is 2. The van der Waals surface area contributed by atoms with Crippen LogP contribution in [0.5, 0.6) is 0 Å². The molecule has 1 aliphatic heterocycles. The standard InChI is InChI=1S/C15H18ClN3O2S/c1-9(2)12(14(21)19-15-17-7-8-22-15)18-13(20)10-5-3-4-6-11(10)16/h3-6,9,12H,7-8H2,1-2H3,(H,18,20)(H,17,19,21). The zero-order chi connectivity index (χ0) is 16.1. The molecule has 2 amide bonds. The maximum atomic E-state index is 12.3. The first kappa shape index (κ1) is 16.8. The van der Waals surface area contributed by atoms with Crippen molar-refractivity contribution >= 4 is 40.3 Å². The zero-order valence-corrected chi connectivity index (χ0v) is 14.0. The monoisotopic (exact) mass is 339 g/mol.